The molecule has 0 unspecified atom stereocenters. The summed E-state index contributed by atoms with van der Waals surface area (Å²) in [6.07, 6.45) is 1.69. The highest BCUT2D eigenvalue weighted by atomic mass is 16.5. The fourth-order valence-electron chi connectivity index (χ4n) is 2.54. The monoisotopic (exact) mass is 390 g/mol. The van der Waals surface area contributed by atoms with Gasteiger partial charge in [-0.3, -0.25) is 4.79 Å². The van der Waals surface area contributed by atoms with Gasteiger partial charge in [-0.2, -0.15) is 0 Å². The molecule has 0 aliphatic heterocycles. The van der Waals surface area contributed by atoms with E-state index in [9.17, 15) is 4.79 Å². The summed E-state index contributed by atoms with van der Waals surface area (Å²) in [5.41, 5.74) is 2.36. The van der Waals surface area contributed by atoms with Gasteiger partial charge < -0.3 is 20.1 Å². The van der Waals surface area contributed by atoms with Crippen molar-refractivity contribution in [2.24, 2.45) is 0 Å². The number of carbonyl (C=O) groups excluding carboxylic acids is 1. The quantitative estimate of drug-likeness (QED) is 0.593. The van der Waals surface area contributed by atoms with Crippen molar-refractivity contribution in [3.8, 4) is 17.4 Å². The third kappa shape index (κ3) is 6.07. The first kappa shape index (κ1) is 19.9. The number of hydrogen-bond donors (Lipinski definition) is 2. The van der Waals surface area contributed by atoms with Crippen LogP contribution in [0, 0.1) is 0 Å². The average molecular weight is 390 g/mol. The molecule has 0 aliphatic rings. The molecule has 2 aromatic carbocycles. The van der Waals surface area contributed by atoms with Crippen LogP contribution in [0.2, 0.25) is 0 Å². The summed E-state index contributed by atoms with van der Waals surface area (Å²) < 4.78 is 10.9. The van der Waals surface area contributed by atoms with E-state index in [1.54, 1.807) is 37.4 Å². The molecule has 3 rings (SSSR count). The molecule has 29 heavy (non-hydrogen) atoms. The van der Waals surface area contributed by atoms with Crippen LogP contribution in [0.3, 0.4) is 0 Å². The molecule has 7 heteroatoms. The van der Waals surface area contributed by atoms with Gasteiger partial charge in [-0.15, -0.1) is 0 Å². The Morgan fingerprint density at radius 2 is 1.69 bits per heavy atom. The number of anilines is 2. The number of ether oxygens (including phenoxy) is 2. The summed E-state index contributed by atoms with van der Waals surface area (Å²) in [6, 6.07) is 16.2. The molecule has 0 saturated carbocycles. The highest BCUT2D eigenvalue weighted by Gasteiger charge is 2.06. The molecule has 2 N–H and O–H groups in total. The van der Waals surface area contributed by atoms with E-state index in [4.69, 9.17) is 9.47 Å². The number of hydrogen-bond acceptors (Lipinski definition) is 6. The highest BCUT2D eigenvalue weighted by Crippen LogP contribution is 2.23. The molecule has 0 fully saturated rings. The second-order valence-corrected chi connectivity index (χ2v) is 6.35. The second kappa shape index (κ2) is 9.36. The van der Waals surface area contributed by atoms with E-state index in [-0.39, 0.29) is 12.3 Å². The fourth-order valence-corrected chi connectivity index (χ4v) is 2.54. The van der Waals surface area contributed by atoms with Gasteiger partial charge in [0.2, 0.25) is 11.8 Å². The molecule has 1 aromatic heterocycles. The maximum Gasteiger partial charge on any atom is 0.228 e. The van der Waals surface area contributed by atoms with Crippen molar-refractivity contribution >= 4 is 17.4 Å². The minimum atomic E-state index is -0.102. The molecule has 0 bridgehead atoms. The Labute approximate surface area is 169 Å². The number of amides is 1. The van der Waals surface area contributed by atoms with Crippen LogP contribution in [0.1, 0.15) is 12.5 Å². The van der Waals surface area contributed by atoms with Crippen molar-refractivity contribution in [1.82, 2.24) is 9.97 Å². The maximum atomic E-state index is 12.2. The highest BCUT2D eigenvalue weighted by molar-refractivity contribution is 5.92. The summed E-state index contributed by atoms with van der Waals surface area (Å²) in [5.74, 6) is 2.26. The van der Waals surface area contributed by atoms with Crippen LogP contribution in [0.25, 0.3) is 0 Å². The third-order valence-corrected chi connectivity index (χ3v) is 3.87. The number of methoxy groups -OCH3 is 1. The van der Waals surface area contributed by atoms with Crippen LogP contribution in [-0.2, 0) is 11.2 Å². The lowest BCUT2D eigenvalue weighted by atomic mass is 10.1. The topological polar surface area (TPSA) is 85.4 Å². The molecule has 7 nitrogen and oxygen atoms in total. The summed E-state index contributed by atoms with van der Waals surface area (Å²) in [5, 5.41) is 5.88. The Bertz CT molecular complexity index is 986. The number of aromatic nitrogens is 2. The van der Waals surface area contributed by atoms with Crippen molar-refractivity contribution in [1.29, 1.82) is 0 Å². The Hall–Kier alpha value is -3.87. The van der Waals surface area contributed by atoms with Gasteiger partial charge in [0.05, 0.1) is 13.5 Å². The molecule has 1 amide bonds. The zero-order chi connectivity index (χ0) is 20.6. The standard InChI is InChI=1S/C22H22N4O3/c1-15(2)25-20-13-22(24-14-23-20)29-19-10-6-17(7-11-19)26-21(27)12-16-4-8-18(28-3)9-5-16/h4-11,13-14H,1,12H2,2-3H3,(H,26,27)(H,23,24,25). The van der Waals surface area contributed by atoms with E-state index in [0.29, 0.717) is 23.1 Å². The third-order valence-electron chi connectivity index (χ3n) is 3.87. The molecule has 148 valence electrons. The number of benzene rings is 2. The van der Waals surface area contributed by atoms with E-state index >= 15 is 0 Å². The first-order valence-corrected chi connectivity index (χ1v) is 8.97. The molecule has 0 spiro atoms. The number of nitrogens with one attached hydrogen (secondary N) is 2. The zero-order valence-corrected chi connectivity index (χ0v) is 16.3. The van der Waals surface area contributed by atoms with E-state index in [0.717, 1.165) is 17.0 Å². The van der Waals surface area contributed by atoms with Crippen molar-refractivity contribution in [3.05, 3.63) is 78.8 Å². The van der Waals surface area contributed by atoms with Crippen molar-refractivity contribution in [2.75, 3.05) is 17.7 Å². The van der Waals surface area contributed by atoms with Crippen molar-refractivity contribution in [3.63, 3.8) is 0 Å². The molecule has 0 aliphatic carbocycles. The first-order chi connectivity index (χ1) is 14.0. The first-order valence-electron chi connectivity index (χ1n) is 8.97. The number of carbonyl (C=O) groups is 1. The number of nitrogens with zero attached hydrogens (tertiary/aromatic N) is 2. The molecular weight excluding hydrogens is 368 g/mol. The summed E-state index contributed by atoms with van der Waals surface area (Å²) in [7, 11) is 1.61. The van der Waals surface area contributed by atoms with Gasteiger partial charge in [0, 0.05) is 17.5 Å². The molecule has 0 atom stereocenters. The van der Waals surface area contributed by atoms with Gasteiger partial charge in [-0.25, -0.2) is 9.97 Å². The SMILES string of the molecule is C=C(C)Nc1cc(Oc2ccc(NC(=O)Cc3ccc(OC)cc3)cc2)ncn1. The minimum Gasteiger partial charge on any atom is -0.497 e. The molecule has 3 aromatic rings. The number of rotatable bonds is 8. The Balaban J connectivity index is 1.56. The second-order valence-electron chi connectivity index (χ2n) is 6.35. The van der Waals surface area contributed by atoms with Crippen LogP contribution in [0.5, 0.6) is 17.4 Å². The average Bonchev–Trinajstić information content (AvgIpc) is 2.70. The van der Waals surface area contributed by atoms with Crippen LogP contribution in [0.15, 0.2) is 73.2 Å². The Morgan fingerprint density at radius 1 is 1.00 bits per heavy atom. The number of allylic oxidation sites excluding steroid dienone is 1. The predicted molar refractivity (Wildman–Crippen MR) is 112 cm³/mol. The van der Waals surface area contributed by atoms with Gasteiger partial charge >= 0.3 is 0 Å². The normalized spacial score (nSPS) is 10.1. The van der Waals surface area contributed by atoms with E-state index in [2.05, 4.69) is 27.2 Å². The molecule has 0 saturated heterocycles. The minimum absolute atomic E-state index is 0.102. The summed E-state index contributed by atoms with van der Waals surface area (Å²) in [4.78, 5) is 20.4. The van der Waals surface area contributed by atoms with Crippen LogP contribution >= 0.6 is 0 Å². The van der Waals surface area contributed by atoms with Gasteiger partial charge in [-0.05, 0) is 48.9 Å². The molecule has 0 radical (unpaired) electrons. The summed E-state index contributed by atoms with van der Waals surface area (Å²) >= 11 is 0. The smallest absolute Gasteiger partial charge is 0.228 e. The lowest BCUT2D eigenvalue weighted by Crippen LogP contribution is -2.14. The van der Waals surface area contributed by atoms with Gasteiger partial charge in [0.1, 0.15) is 23.6 Å². The largest absolute Gasteiger partial charge is 0.497 e. The van der Waals surface area contributed by atoms with Crippen LogP contribution < -0.4 is 20.1 Å². The Kier molecular flexibility index (Phi) is 6.42. The molecular formula is C22H22N4O3. The Morgan fingerprint density at radius 3 is 2.34 bits per heavy atom. The molecule has 1 heterocycles. The predicted octanol–water partition coefficient (Wildman–Crippen LogP) is 4.40. The van der Waals surface area contributed by atoms with E-state index < -0.39 is 0 Å². The fraction of sp³-hybridized carbons (Fsp3) is 0.136. The summed E-state index contributed by atoms with van der Waals surface area (Å²) in [6.45, 7) is 5.62. The lowest BCUT2D eigenvalue weighted by molar-refractivity contribution is -0.115. The van der Waals surface area contributed by atoms with Gasteiger partial charge in [-0.1, -0.05) is 18.7 Å². The lowest BCUT2D eigenvalue weighted by Gasteiger charge is -2.09. The van der Waals surface area contributed by atoms with Gasteiger partial charge in [0.15, 0.2) is 0 Å². The van der Waals surface area contributed by atoms with Crippen molar-refractivity contribution in [2.45, 2.75) is 13.3 Å². The van der Waals surface area contributed by atoms with Crippen LogP contribution in [0.4, 0.5) is 11.5 Å². The van der Waals surface area contributed by atoms with Crippen molar-refractivity contribution < 1.29 is 14.3 Å². The van der Waals surface area contributed by atoms with E-state index in [1.807, 2.05) is 31.2 Å². The maximum absolute atomic E-state index is 12.2. The van der Waals surface area contributed by atoms with Gasteiger partial charge in [0.25, 0.3) is 0 Å². The van der Waals surface area contributed by atoms with Crippen LogP contribution in [-0.4, -0.2) is 23.0 Å². The van der Waals surface area contributed by atoms with E-state index in [1.165, 1.54) is 6.33 Å². The zero-order valence-electron chi connectivity index (χ0n) is 16.3.